The molecule has 0 spiro atoms. The number of morpholine rings is 1. The third-order valence-electron chi connectivity index (χ3n) is 6.49. The first-order chi connectivity index (χ1) is 18.5. The predicted octanol–water partition coefficient (Wildman–Crippen LogP) is 3.28. The van der Waals surface area contributed by atoms with Gasteiger partial charge in [-0.3, -0.25) is 14.2 Å². The molecule has 4 aromatic rings. The van der Waals surface area contributed by atoms with Crippen molar-refractivity contribution in [1.82, 2.24) is 19.5 Å². The summed E-state index contributed by atoms with van der Waals surface area (Å²) in [6, 6.07) is 9.80. The van der Waals surface area contributed by atoms with E-state index in [-0.39, 0.29) is 38.8 Å². The molecule has 13 heteroatoms. The van der Waals surface area contributed by atoms with Crippen LogP contribution in [0.2, 0.25) is 0 Å². The van der Waals surface area contributed by atoms with E-state index in [2.05, 4.69) is 15.0 Å². The molecule has 0 saturated carbocycles. The number of nitrogen functional groups attached to an aromatic ring is 1. The zero-order chi connectivity index (χ0) is 27.9. The van der Waals surface area contributed by atoms with Crippen molar-refractivity contribution in [3.05, 3.63) is 70.1 Å². The number of aromatic nitrogens is 4. The summed E-state index contributed by atoms with van der Waals surface area (Å²) in [5.74, 6) is -1.31. The van der Waals surface area contributed by atoms with Crippen LogP contribution < -0.4 is 21.1 Å². The SMILES string of the molecule is Cc1ccc(N(C(=O)c2cccc(N3CCOCC3)c2)C(F)(F)F)cc1-c1nc2cnc(N)nc2n(C)c1=O. The molecule has 0 radical (unpaired) electrons. The molecule has 0 aliphatic carbocycles. The smallest absolute Gasteiger partial charge is 0.378 e. The highest BCUT2D eigenvalue weighted by Crippen LogP contribution is 2.34. The molecule has 0 unspecified atom stereocenters. The molecule has 1 aliphatic heterocycles. The summed E-state index contributed by atoms with van der Waals surface area (Å²) < 4.78 is 49.7. The maximum absolute atomic E-state index is 14.4. The molecule has 2 aromatic heterocycles. The Labute approximate surface area is 220 Å². The van der Waals surface area contributed by atoms with Crippen LogP contribution in [0, 0.1) is 6.92 Å². The van der Waals surface area contributed by atoms with Gasteiger partial charge >= 0.3 is 6.30 Å². The highest BCUT2D eigenvalue weighted by atomic mass is 19.4. The minimum absolute atomic E-state index is 0.0535. The maximum Gasteiger partial charge on any atom is 0.491 e. The number of fused-ring (bicyclic) bond motifs is 1. The van der Waals surface area contributed by atoms with Crippen LogP contribution in [0.4, 0.5) is 30.5 Å². The van der Waals surface area contributed by atoms with E-state index < -0.39 is 23.5 Å². The lowest BCUT2D eigenvalue weighted by Crippen LogP contribution is -2.43. The minimum Gasteiger partial charge on any atom is -0.378 e. The summed E-state index contributed by atoms with van der Waals surface area (Å²) in [5, 5.41) is 0. The van der Waals surface area contributed by atoms with E-state index in [1.165, 1.54) is 42.1 Å². The van der Waals surface area contributed by atoms with E-state index in [4.69, 9.17) is 10.5 Å². The Balaban J connectivity index is 1.59. The molecule has 1 aliphatic rings. The summed E-state index contributed by atoms with van der Waals surface area (Å²) in [6.45, 7) is 3.73. The lowest BCUT2D eigenvalue weighted by molar-refractivity contribution is -0.122. The molecule has 202 valence electrons. The molecule has 39 heavy (non-hydrogen) atoms. The number of carbonyl (C=O) groups is 1. The van der Waals surface area contributed by atoms with Gasteiger partial charge in [-0.25, -0.2) is 14.9 Å². The number of ether oxygens (including phenoxy) is 1. The zero-order valence-electron chi connectivity index (χ0n) is 21.1. The Kier molecular flexibility index (Phi) is 6.68. The fourth-order valence-corrected chi connectivity index (χ4v) is 4.47. The molecular formula is C26H24F3N7O3. The van der Waals surface area contributed by atoms with Crippen LogP contribution in [0.1, 0.15) is 15.9 Å². The summed E-state index contributed by atoms with van der Waals surface area (Å²) in [4.78, 5) is 40.4. The third-order valence-corrected chi connectivity index (χ3v) is 6.49. The Morgan fingerprint density at radius 2 is 1.85 bits per heavy atom. The van der Waals surface area contributed by atoms with E-state index in [0.717, 1.165) is 6.07 Å². The molecule has 5 rings (SSSR count). The van der Waals surface area contributed by atoms with Gasteiger partial charge in [0.1, 0.15) is 11.2 Å². The predicted molar refractivity (Wildman–Crippen MR) is 139 cm³/mol. The normalized spacial score (nSPS) is 14.0. The van der Waals surface area contributed by atoms with Gasteiger partial charge < -0.3 is 15.4 Å². The number of halogens is 3. The van der Waals surface area contributed by atoms with E-state index >= 15 is 0 Å². The van der Waals surface area contributed by atoms with Gasteiger partial charge in [0, 0.05) is 37.0 Å². The molecule has 2 N–H and O–H groups in total. The summed E-state index contributed by atoms with van der Waals surface area (Å²) in [7, 11) is 1.45. The van der Waals surface area contributed by atoms with Crippen molar-refractivity contribution in [2.45, 2.75) is 13.2 Å². The van der Waals surface area contributed by atoms with Gasteiger partial charge in [-0.15, -0.1) is 13.2 Å². The standard InChI is InChI=1S/C26H24F3N7O3/c1-15-6-7-18(13-19(15)21-24(38)34(2)22-20(32-21)14-31-25(30)33-22)36(26(27,28)29)23(37)16-4-3-5-17(12-16)35-8-10-39-11-9-35/h3-7,12-14H,8-11H2,1-2H3,(H2,30,31,33). The van der Waals surface area contributed by atoms with Gasteiger partial charge in [-0.2, -0.15) is 4.98 Å². The molecular weight excluding hydrogens is 515 g/mol. The van der Waals surface area contributed by atoms with E-state index in [9.17, 15) is 22.8 Å². The number of aryl methyl sites for hydroxylation is 2. The van der Waals surface area contributed by atoms with Crippen molar-refractivity contribution in [2.24, 2.45) is 7.05 Å². The van der Waals surface area contributed by atoms with Crippen molar-refractivity contribution >= 4 is 34.4 Å². The first-order valence-corrected chi connectivity index (χ1v) is 12.0. The fourth-order valence-electron chi connectivity index (χ4n) is 4.47. The van der Waals surface area contributed by atoms with Crippen molar-refractivity contribution in [3.63, 3.8) is 0 Å². The molecule has 3 heterocycles. The number of rotatable bonds is 4. The molecule has 2 aromatic carbocycles. The summed E-state index contributed by atoms with van der Waals surface area (Å²) in [6.07, 6.45) is -3.72. The van der Waals surface area contributed by atoms with Crippen LogP contribution >= 0.6 is 0 Å². The topological polar surface area (TPSA) is 119 Å². The summed E-state index contributed by atoms with van der Waals surface area (Å²) in [5.41, 5.74) is 5.99. The lowest BCUT2D eigenvalue weighted by Gasteiger charge is -2.30. The molecule has 10 nitrogen and oxygen atoms in total. The van der Waals surface area contributed by atoms with Gasteiger partial charge in [0.15, 0.2) is 5.65 Å². The molecule has 1 saturated heterocycles. The van der Waals surface area contributed by atoms with Gasteiger partial charge in [-0.05, 0) is 42.8 Å². The largest absolute Gasteiger partial charge is 0.491 e. The van der Waals surface area contributed by atoms with Gasteiger partial charge in [-0.1, -0.05) is 12.1 Å². The van der Waals surface area contributed by atoms with Crippen molar-refractivity contribution in [3.8, 4) is 11.3 Å². The van der Waals surface area contributed by atoms with Crippen LogP contribution in [0.25, 0.3) is 22.4 Å². The van der Waals surface area contributed by atoms with Crippen molar-refractivity contribution < 1.29 is 22.7 Å². The van der Waals surface area contributed by atoms with Crippen LogP contribution in [-0.4, -0.2) is 58.0 Å². The second-order valence-electron chi connectivity index (χ2n) is 9.02. The average Bonchev–Trinajstić information content (AvgIpc) is 2.92. The van der Waals surface area contributed by atoms with E-state index in [1.54, 1.807) is 19.1 Å². The van der Waals surface area contributed by atoms with Crippen molar-refractivity contribution in [1.29, 1.82) is 0 Å². The number of nitrogens with zero attached hydrogens (tertiary/aromatic N) is 6. The molecule has 1 fully saturated rings. The fraction of sp³-hybridized carbons (Fsp3) is 0.269. The summed E-state index contributed by atoms with van der Waals surface area (Å²) >= 11 is 0. The minimum atomic E-state index is -5.05. The Hall–Kier alpha value is -4.52. The number of carbonyl (C=O) groups excluding carboxylic acids is 1. The average molecular weight is 540 g/mol. The number of hydrogen-bond donors (Lipinski definition) is 1. The maximum atomic E-state index is 14.4. The Morgan fingerprint density at radius 3 is 2.56 bits per heavy atom. The lowest BCUT2D eigenvalue weighted by atomic mass is 10.0. The number of anilines is 3. The highest BCUT2D eigenvalue weighted by molar-refractivity contribution is 6.07. The van der Waals surface area contributed by atoms with Gasteiger partial charge in [0.2, 0.25) is 5.95 Å². The second-order valence-corrected chi connectivity index (χ2v) is 9.02. The highest BCUT2D eigenvalue weighted by Gasteiger charge is 2.43. The molecule has 0 bridgehead atoms. The van der Waals surface area contributed by atoms with Crippen LogP contribution in [0.15, 0.2) is 53.5 Å². The number of nitrogens with two attached hydrogens (primary N) is 1. The quantitative estimate of drug-likeness (QED) is 0.393. The van der Waals surface area contributed by atoms with Crippen LogP contribution in [0.5, 0.6) is 0 Å². The number of benzene rings is 2. The van der Waals surface area contributed by atoms with Crippen LogP contribution in [0.3, 0.4) is 0 Å². The number of hydrogen-bond acceptors (Lipinski definition) is 8. The van der Waals surface area contributed by atoms with E-state index in [1.807, 2.05) is 4.90 Å². The Morgan fingerprint density at radius 1 is 1.10 bits per heavy atom. The molecule has 1 amide bonds. The first kappa shape index (κ1) is 26.1. The zero-order valence-corrected chi connectivity index (χ0v) is 21.1. The van der Waals surface area contributed by atoms with E-state index in [0.29, 0.717) is 37.6 Å². The van der Waals surface area contributed by atoms with Gasteiger partial charge in [0.25, 0.3) is 11.5 Å². The van der Waals surface area contributed by atoms with Gasteiger partial charge in [0.05, 0.1) is 25.1 Å². The first-order valence-electron chi connectivity index (χ1n) is 12.0. The van der Waals surface area contributed by atoms with Crippen molar-refractivity contribution in [2.75, 3.05) is 41.8 Å². The monoisotopic (exact) mass is 539 g/mol. The third kappa shape index (κ3) is 5.00. The van der Waals surface area contributed by atoms with Crippen LogP contribution in [-0.2, 0) is 11.8 Å². The number of alkyl halides is 3. The number of amides is 1. The Bertz CT molecular complexity index is 1630. The molecule has 0 atom stereocenters. The second kappa shape index (κ2) is 9.98.